The summed E-state index contributed by atoms with van der Waals surface area (Å²) in [6.45, 7) is 0. The molecule has 1 fully saturated rings. The quantitative estimate of drug-likeness (QED) is 0.669. The van der Waals surface area contributed by atoms with Crippen molar-refractivity contribution in [2.24, 2.45) is 5.14 Å². The molecule has 1 aliphatic carbocycles. The molecule has 0 aliphatic heterocycles. The van der Waals surface area contributed by atoms with Crippen molar-refractivity contribution in [3.05, 3.63) is 24.3 Å². The Morgan fingerprint density at radius 2 is 1.76 bits per heavy atom. The number of carbonyl (C=O) groups is 1. The van der Waals surface area contributed by atoms with E-state index in [0.717, 1.165) is 12.1 Å². The molecule has 0 saturated heterocycles. The fourth-order valence-corrected chi connectivity index (χ4v) is 4.12. The highest BCUT2D eigenvalue weighted by Gasteiger charge is 2.47. The number of hydrogen-bond acceptors (Lipinski definition) is 5. The predicted molar refractivity (Wildman–Crippen MR) is 72.4 cm³/mol. The number of benzene rings is 1. The molecule has 21 heavy (non-hydrogen) atoms. The predicted octanol–water partition coefficient (Wildman–Crippen LogP) is -0.380. The standard InChI is InChI=1S/C11H14N2O6S2/c12-20(16,17)8-3-1-4-9(7-8)21(18,19)13-11(10(14)15)5-2-6-11/h1,3-4,7,13H,2,5-6H2,(H,14,15)(H2,12,16,17). The first kappa shape index (κ1) is 15.9. The van der Waals surface area contributed by atoms with Gasteiger partial charge in [0.1, 0.15) is 5.54 Å². The molecule has 1 aromatic carbocycles. The zero-order valence-electron chi connectivity index (χ0n) is 10.8. The van der Waals surface area contributed by atoms with Crippen LogP contribution in [0.15, 0.2) is 34.1 Å². The van der Waals surface area contributed by atoms with Gasteiger partial charge in [-0.2, -0.15) is 4.72 Å². The summed E-state index contributed by atoms with van der Waals surface area (Å²) < 4.78 is 49.0. The lowest BCUT2D eigenvalue weighted by atomic mass is 9.78. The molecule has 116 valence electrons. The van der Waals surface area contributed by atoms with Crippen LogP contribution in [-0.2, 0) is 24.8 Å². The molecule has 8 nitrogen and oxygen atoms in total. The van der Waals surface area contributed by atoms with Crippen molar-refractivity contribution < 1.29 is 26.7 Å². The Morgan fingerprint density at radius 3 is 2.19 bits per heavy atom. The van der Waals surface area contributed by atoms with Gasteiger partial charge in [-0.1, -0.05) is 6.07 Å². The lowest BCUT2D eigenvalue weighted by molar-refractivity contribution is -0.147. The van der Waals surface area contributed by atoms with Crippen molar-refractivity contribution in [3.8, 4) is 0 Å². The first-order chi connectivity index (χ1) is 9.57. The van der Waals surface area contributed by atoms with Gasteiger partial charge in [0, 0.05) is 0 Å². The van der Waals surface area contributed by atoms with Gasteiger partial charge >= 0.3 is 5.97 Å². The van der Waals surface area contributed by atoms with Gasteiger partial charge in [0.2, 0.25) is 20.0 Å². The molecule has 10 heteroatoms. The lowest BCUT2D eigenvalue weighted by Gasteiger charge is -2.37. The van der Waals surface area contributed by atoms with E-state index >= 15 is 0 Å². The Kier molecular flexibility index (Phi) is 3.82. The second kappa shape index (κ2) is 5.05. The molecule has 0 heterocycles. The molecule has 0 bridgehead atoms. The van der Waals surface area contributed by atoms with Crippen LogP contribution in [0.4, 0.5) is 0 Å². The molecular weight excluding hydrogens is 320 g/mol. The lowest BCUT2D eigenvalue weighted by Crippen LogP contribution is -2.58. The Hall–Kier alpha value is -1.49. The normalized spacial score (nSPS) is 18.0. The molecular formula is C11H14N2O6S2. The fourth-order valence-electron chi connectivity index (χ4n) is 2.02. The van der Waals surface area contributed by atoms with Gasteiger partial charge in [-0.05, 0) is 37.5 Å². The van der Waals surface area contributed by atoms with E-state index in [2.05, 4.69) is 4.72 Å². The molecule has 0 unspecified atom stereocenters. The number of carboxylic acid groups (broad SMARTS) is 1. The summed E-state index contributed by atoms with van der Waals surface area (Å²) in [5, 5.41) is 14.1. The number of rotatable bonds is 5. The van der Waals surface area contributed by atoms with E-state index < -0.39 is 31.6 Å². The Balaban J connectivity index is 2.39. The molecule has 0 amide bonds. The van der Waals surface area contributed by atoms with Crippen molar-refractivity contribution >= 4 is 26.0 Å². The van der Waals surface area contributed by atoms with E-state index in [1.165, 1.54) is 12.1 Å². The summed E-state index contributed by atoms with van der Waals surface area (Å²) in [5.74, 6) is -1.25. The molecule has 1 aliphatic rings. The van der Waals surface area contributed by atoms with Gasteiger partial charge in [-0.25, -0.2) is 22.0 Å². The first-order valence-corrected chi connectivity index (χ1v) is 9.00. The van der Waals surface area contributed by atoms with Crippen LogP contribution < -0.4 is 9.86 Å². The largest absolute Gasteiger partial charge is 0.480 e. The monoisotopic (exact) mass is 334 g/mol. The smallest absolute Gasteiger partial charge is 0.324 e. The first-order valence-electron chi connectivity index (χ1n) is 5.97. The second-order valence-electron chi connectivity index (χ2n) is 4.87. The maximum atomic E-state index is 12.2. The van der Waals surface area contributed by atoms with Gasteiger partial charge in [0.15, 0.2) is 0 Å². The number of sulfonamides is 2. The minimum atomic E-state index is -4.16. The fraction of sp³-hybridized carbons (Fsp3) is 0.364. The minimum Gasteiger partial charge on any atom is -0.480 e. The Bertz CT molecular complexity index is 781. The van der Waals surface area contributed by atoms with Crippen molar-refractivity contribution in [3.63, 3.8) is 0 Å². The highest BCUT2D eigenvalue weighted by molar-refractivity contribution is 7.90. The van der Waals surface area contributed by atoms with Crippen LogP contribution in [0.5, 0.6) is 0 Å². The summed E-state index contributed by atoms with van der Waals surface area (Å²) in [6, 6.07) is 4.45. The molecule has 0 aromatic heterocycles. The zero-order valence-corrected chi connectivity index (χ0v) is 12.4. The molecule has 2 rings (SSSR count). The van der Waals surface area contributed by atoms with E-state index in [1.54, 1.807) is 0 Å². The molecule has 1 saturated carbocycles. The summed E-state index contributed by atoms with van der Waals surface area (Å²) in [7, 11) is -8.20. The number of primary sulfonamides is 1. The van der Waals surface area contributed by atoms with Gasteiger partial charge in [0.05, 0.1) is 9.79 Å². The van der Waals surface area contributed by atoms with E-state index in [-0.39, 0.29) is 22.6 Å². The van der Waals surface area contributed by atoms with Crippen LogP contribution in [-0.4, -0.2) is 33.5 Å². The summed E-state index contributed by atoms with van der Waals surface area (Å²) >= 11 is 0. The van der Waals surface area contributed by atoms with Crippen LogP contribution in [0.1, 0.15) is 19.3 Å². The molecule has 1 aromatic rings. The van der Waals surface area contributed by atoms with Crippen molar-refractivity contribution in [2.45, 2.75) is 34.6 Å². The molecule has 0 spiro atoms. The maximum Gasteiger partial charge on any atom is 0.324 e. The molecule has 0 radical (unpaired) electrons. The third kappa shape index (κ3) is 3.07. The van der Waals surface area contributed by atoms with Crippen LogP contribution in [0, 0.1) is 0 Å². The van der Waals surface area contributed by atoms with Crippen LogP contribution in [0.25, 0.3) is 0 Å². The topological polar surface area (TPSA) is 144 Å². The zero-order chi connectivity index (χ0) is 15.9. The third-order valence-corrected chi connectivity index (χ3v) is 5.84. The van der Waals surface area contributed by atoms with E-state index in [9.17, 15) is 21.6 Å². The second-order valence-corrected chi connectivity index (χ2v) is 8.11. The Labute approximate surface area is 122 Å². The number of nitrogens with one attached hydrogen (secondary N) is 1. The van der Waals surface area contributed by atoms with Crippen LogP contribution in [0.3, 0.4) is 0 Å². The van der Waals surface area contributed by atoms with E-state index in [0.29, 0.717) is 6.42 Å². The highest BCUT2D eigenvalue weighted by Crippen LogP contribution is 2.33. The van der Waals surface area contributed by atoms with Crippen LogP contribution >= 0.6 is 0 Å². The van der Waals surface area contributed by atoms with Gasteiger partial charge < -0.3 is 5.11 Å². The number of aliphatic carboxylic acids is 1. The average Bonchev–Trinajstić information content (AvgIpc) is 2.32. The van der Waals surface area contributed by atoms with Crippen molar-refractivity contribution in [2.75, 3.05) is 0 Å². The summed E-state index contributed by atoms with van der Waals surface area (Å²) in [4.78, 5) is 10.5. The van der Waals surface area contributed by atoms with Crippen LogP contribution in [0.2, 0.25) is 0 Å². The Morgan fingerprint density at radius 1 is 1.19 bits per heavy atom. The number of carboxylic acids is 1. The van der Waals surface area contributed by atoms with E-state index in [4.69, 9.17) is 10.2 Å². The number of hydrogen-bond donors (Lipinski definition) is 3. The average molecular weight is 334 g/mol. The van der Waals surface area contributed by atoms with Crippen molar-refractivity contribution in [1.82, 2.24) is 4.72 Å². The highest BCUT2D eigenvalue weighted by atomic mass is 32.2. The van der Waals surface area contributed by atoms with E-state index in [1.807, 2.05) is 0 Å². The maximum absolute atomic E-state index is 12.2. The number of nitrogens with two attached hydrogens (primary N) is 1. The molecule has 0 atom stereocenters. The summed E-state index contributed by atoms with van der Waals surface area (Å²) in [5.41, 5.74) is -1.52. The van der Waals surface area contributed by atoms with Gasteiger partial charge in [0.25, 0.3) is 0 Å². The van der Waals surface area contributed by atoms with Crippen molar-refractivity contribution in [1.29, 1.82) is 0 Å². The minimum absolute atomic E-state index is 0.191. The molecule has 4 N–H and O–H groups in total. The SMILES string of the molecule is NS(=O)(=O)c1cccc(S(=O)(=O)NC2(C(=O)O)CCC2)c1. The van der Waals surface area contributed by atoms with Gasteiger partial charge in [-0.15, -0.1) is 0 Å². The van der Waals surface area contributed by atoms with Gasteiger partial charge in [-0.3, -0.25) is 4.79 Å². The third-order valence-electron chi connectivity index (χ3n) is 3.39. The summed E-state index contributed by atoms with van der Waals surface area (Å²) in [6.07, 6.45) is 0.985.